The normalized spacial score (nSPS) is 12.1. The number of alkyl halides is 3. The third kappa shape index (κ3) is 3.85. The number of benzene rings is 2. The number of carbonyl (C=O) groups is 1. The molecule has 27 heavy (non-hydrogen) atoms. The summed E-state index contributed by atoms with van der Waals surface area (Å²) < 4.78 is 65.1. The van der Waals surface area contributed by atoms with Crippen LogP contribution in [0.15, 0.2) is 59.5 Å². The Morgan fingerprint density at radius 3 is 2.26 bits per heavy atom. The number of nitrogens with one attached hydrogen (secondary N) is 1. The van der Waals surface area contributed by atoms with E-state index in [2.05, 4.69) is 9.71 Å². The number of halogens is 3. The lowest BCUT2D eigenvalue weighted by Gasteiger charge is -2.12. The summed E-state index contributed by atoms with van der Waals surface area (Å²) in [6.45, 7) is 0. The maximum absolute atomic E-state index is 12.6. The lowest BCUT2D eigenvalue weighted by atomic mass is 10.2. The van der Waals surface area contributed by atoms with Gasteiger partial charge in [-0.3, -0.25) is 4.72 Å². The average molecular weight is 396 g/mol. The average Bonchev–Trinajstić information content (AvgIpc) is 2.60. The molecule has 3 rings (SSSR count). The number of fused-ring (bicyclic) bond motifs is 1. The monoisotopic (exact) mass is 396 g/mol. The van der Waals surface area contributed by atoms with Crippen molar-refractivity contribution < 1.29 is 31.5 Å². The molecule has 3 aromatic rings. The van der Waals surface area contributed by atoms with Crippen molar-refractivity contribution in [3.05, 3.63) is 65.9 Å². The third-order valence-electron chi connectivity index (χ3n) is 3.68. The maximum atomic E-state index is 12.6. The number of anilines is 1. The van der Waals surface area contributed by atoms with Crippen LogP contribution in [0.5, 0.6) is 0 Å². The molecule has 0 bridgehead atoms. The highest BCUT2D eigenvalue weighted by molar-refractivity contribution is 7.92. The summed E-state index contributed by atoms with van der Waals surface area (Å²) in [6, 6.07) is 10.3. The van der Waals surface area contributed by atoms with Crippen molar-refractivity contribution in [2.75, 3.05) is 4.72 Å². The molecule has 0 saturated heterocycles. The van der Waals surface area contributed by atoms with Gasteiger partial charge in [-0.15, -0.1) is 0 Å². The van der Waals surface area contributed by atoms with Gasteiger partial charge in [-0.1, -0.05) is 18.2 Å². The van der Waals surface area contributed by atoms with Crippen molar-refractivity contribution in [1.29, 1.82) is 0 Å². The molecule has 6 nitrogen and oxygen atoms in total. The summed E-state index contributed by atoms with van der Waals surface area (Å²) >= 11 is 0. The van der Waals surface area contributed by atoms with E-state index in [4.69, 9.17) is 5.11 Å². The highest BCUT2D eigenvalue weighted by atomic mass is 32.2. The number of nitrogens with zero attached hydrogens (tertiary/aromatic N) is 1. The number of aromatic carboxylic acids is 1. The van der Waals surface area contributed by atoms with E-state index in [-0.39, 0.29) is 21.8 Å². The van der Waals surface area contributed by atoms with Gasteiger partial charge in [-0.2, -0.15) is 13.2 Å². The van der Waals surface area contributed by atoms with Crippen LogP contribution in [0, 0.1) is 0 Å². The minimum absolute atomic E-state index is 0.00972. The molecule has 0 aliphatic rings. The number of carboxylic acid groups (broad SMARTS) is 1. The Kier molecular flexibility index (Phi) is 4.52. The lowest BCUT2D eigenvalue weighted by molar-refractivity contribution is -0.137. The molecule has 2 aromatic carbocycles. The second-order valence-electron chi connectivity index (χ2n) is 5.51. The van der Waals surface area contributed by atoms with Gasteiger partial charge in [-0.05, 0) is 36.4 Å². The van der Waals surface area contributed by atoms with Gasteiger partial charge in [0.2, 0.25) is 0 Å². The van der Waals surface area contributed by atoms with Gasteiger partial charge in [0.25, 0.3) is 10.0 Å². The van der Waals surface area contributed by atoms with Crippen LogP contribution in [0.4, 0.5) is 18.9 Å². The van der Waals surface area contributed by atoms with Gasteiger partial charge in [0, 0.05) is 5.39 Å². The molecule has 0 fully saturated rings. The second-order valence-corrected chi connectivity index (χ2v) is 7.19. The van der Waals surface area contributed by atoms with Gasteiger partial charge < -0.3 is 5.11 Å². The van der Waals surface area contributed by atoms with E-state index in [9.17, 15) is 26.4 Å². The Hall–Kier alpha value is -3.14. The number of para-hydroxylation sites is 1. The zero-order valence-corrected chi connectivity index (χ0v) is 14.2. The molecule has 0 unspecified atom stereocenters. The van der Waals surface area contributed by atoms with E-state index >= 15 is 0 Å². The van der Waals surface area contributed by atoms with Crippen LogP contribution in [-0.4, -0.2) is 24.5 Å². The molecular formula is C17H11F3N2O4S. The third-order valence-corrected chi connectivity index (χ3v) is 5.06. The summed E-state index contributed by atoms with van der Waals surface area (Å²) in [5.74, 6) is -1.28. The largest absolute Gasteiger partial charge is 0.477 e. The predicted octanol–water partition coefficient (Wildman–Crippen LogP) is 3.75. The summed E-state index contributed by atoms with van der Waals surface area (Å²) in [7, 11) is -4.20. The molecule has 0 amide bonds. The lowest BCUT2D eigenvalue weighted by Crippen LogP contribution is -2.14. The summed E-state index contributed by atoms with van der Waals surface area (Å²) in [4.78, 5) is 14.6. The molecule has 140 valence electrons. The Labute approximate surface area is 151 Å². The minimum atomic E-state index is -4.58. The first-order valence-corrected chi connectivity index (χ1v) is 8.89. The van der Waals surface area contributed by atoms with Crippen molar-refractivity contribution in [3.63, 3.8) is 0 Å². The predicted molar refractivity (Wildman–Crippen MR) is 91.0 cm³/mol. The highest BCUT2D eigenvalue weighted by Crippen LogP contribution is 2.30. The Bertz CT molecular complexity index is 1130. The van der Waals surface area contributed by atoms with E-state index in [0.717, 1.165) is 12.1 Å². The molecule has 1 heterocycles. The van der Waals surface area contributed by atoms with E-state index in [1.807, 2.05) is 0 Å². The zero-order chi connectivity index (χ0) is 19.8. The van der Waals surface area contributed by atoms with Crippen molar-refractivity contribution in [2.24, 2.45) is 0 Å². The number of hydrogen-bond donors (Lipinski definition) is 2. The Morgan fingerprint density at radius 1 is 1.00 bits per heavy atom. The summed E-state index contributed by atoms with van der Waals surface area (Å²) in [6.07, 6.45) is -4.58. The molecular weight excluding hydrogens is 385 g/mol. The molecule has 0 atom stereocenters. The SMILES string of the molecule is O=C(O)c1ccc2cccc(NS(=O)(=O)c3ccc(C(F)(F)F)cc3)c2n1. The fourth-order valence-electron chi connectivity index (χ4n) is 2.38. The fraction of sp³-hybridized carbons (Fsp3) is 0.0588. The van der Waals surface area contributed by atoms with Gasteiger partial charge in [-0.25, -0.2) is 18.2 Å². The quantitative estimate of drug-likeness (QED) is 0.700. The van der Waals surface area contributed by atoms with Crippen LogP contribution in [0.2, 0.25) is 0 Å². The van der Waals surface area contributed by atoms with Crippen molar-refractivity contribution in [1.82, 2.24) is 4.98 Å². The van der Waals surface area contributed by atoms with E-state index in [0.29, 0.717) is 17.5 Å². The molecule has 0 aliphatic heterocycles. The number of pyridine rings is 1. The second kappa shape index (κ2) is 6.54. The molecule has 10 heteroatoms. The molecule has 0 aliphatic carbocycles. The number of rotatable bonds is 4. The number of aromatic nitrogens is 1. The maximum Gasteiger partial charge on any atom is 0.416 e. The Balaban J connectivity index is 2.01. The van der Waals surface area contributed by atoms with Gasteiger partial charge in [0.1, 0.15) is 5.69 Å². The number of carboxylic acids is 1. The van der Waals surface area contributed by atoms with Crippen molar-refractivity contribution in [3.8, 4) is 0 Å². The first kappa shape index (κ1) is 18.6. The van der Waals surface area contributed by atoms with Gasteiger partial charge >= 0.3 is 12.1 Å². The van der Waals surface area contributed by atoms with Gasteiger partial charge in [0.05, 0.1) is 21.7 Å². The highest BCUT2D eigenvalue weighted by Gasteiger charge is 2.30. The number of sulfonamides is 1. The van der Waals surface area contributed by atoms with E-state index in [1.165, 1.54) is 24.3 Å². The smallest absolute Gasteiger partial charge is 0.416 e. The standard InChI is InChI=1S/C17H11F3N2O4S/c18-17(19,20)11-5-7-12(8-6-11)27(25,26)22-13-3-1-2-10-4-9-14(16(23)24)21-15(10)13/h1-9,22H,(H,23,24). The Morgan fingerprint density at radius 2 is 1.67 bits per heavy atom. The molecule has 1 aromatic heterocycles. The molecule has 2 N–H and O–H groups in total. The molecule has 0 radical (unpaired) electrons. The van der Waals surface area contributed by atoms with Crippen LogP contribution in [0.3, 0.4) is 0 Å². The topological polar surface area (TPSA) is 96.4 Å². The van der Waals surface area contributed by atoms with E-state index < -0.39 is 27.7 Å². The van der Waals surface area contributed by atoms with Crippen molar-refractivity contribution >= 4 is 32.6 Å². The van der Waals surface area contributed by atoms with Crippen LogP contribution in [0.1, 0.15) is 16.1 Å². The number of hydrogen-bond acceptors (Lipinski definition) is 4. The minimum Gasteiger partial charge on any atom is -0.477 e. The first-order valence-electron chi connectivity index (χ1n) is 7.41. The van der Waals surface area contributed by atoms with Crippen LogP contribution >= 0.6 is 0 Å². The summed E-state index contributed by atoms with van der Waals surface area (Å²) in [5, 5.41) is 9.54. The fourth-order valence-corrected chi connectivity index (χ4v) is 3.44. The van der Waals surface area contributed by atoms with Gasteiger partial charge in [0.15, 0.2) is 0 Å². The first-order chi connectivity index (χ1) is 12.6. The van der Waals surface area contributed by atoms with Crippen LogP contribution in [0.25, 0.3) is 10.9 Å². The molecule has 0 spiro atoms. The summed E-state index contributed by atoms with van der Waals surface area (Å²) in [5.41, 5.74) is -1.13. The molecule has 0 saturated carbocycles. The van der Waals surface area contributed by atoms with Crippen molar-refractivity contribution in [2.45, 2.75) is 11.1 Å². The van der Waals surface area contributed by atoms with Crippen LogP contribution < -0.4 is 4.72 Å². The van der Waals surface area contributed by atoms with E-state index in [1.54, 1.807) is 6.07 Å². The van der Waals surface area contributed by atoms with Crippen LogP contribution in [-0.2, 0) is 16.2 Å². The zero-order valence-electron chi connectivity index (χ0n) is 13.4.